The molecule has 72 valence electrons. The number of rotatable bonds is 1. The first-order valence-electron chi connectivity index (χ1n) is 3.96. The standard InChI is InChI=1S/C8H8ClN5/c1-14-12-8(11-13-14)6-4-5(10)2-3-7(6)9/h2-4H,10H2,1H3. The molecule has 14 heavy (non-hydrogen) atoms. The zero-order chi connectivity index (χ0) is 10.1. The van der Waals surface area contributed by atoms with E-state index in [-0.39, 0.29) is 0 Å². The van der Waals surface area contributed by atoms with Crippen molar-refractivity contribution in [2.45, 2.75) is 0 Å². The third kappa shape index (κ3) is 1.54. The lowest BCUT2D eigenvalue weighted by Crippen LogP contribution is -1.92. The van der Waals surface area contributed by atoms with E-state index in [9.17, 15) is 0 Å². The quantitative estimate of drug-likeness (QED) is 0.715. The number of aryl methyl sites for hydroxylation is 1. The van der Waals surface area contributed by atoms with Crippen molar-refractivity contribution in [1.82, 2.24) is 20.2 Å². The van der Waals surface area contributed by atoms with Crippen LogP contribution < -0.4 is 5.73 Å². The molecule has 0 aliphatic rings. The zero-order valence-electron chi connectivity index (χ0n) is 7.48. The number of tetrazole rings is 1. The highest BCUT2D eigenvalue weighted by molar-refractivity contribution is 6.33. The Morgan fingerprint density at radius 3 is 2.86 bits per heavy atom. The van der Waals surface area contributed by atoms with Crippen LogP contribution in [0.15, 0.2) is 18.2 Å². The third-order valence-corrected chi connectivity index (χ3v) is 2.07. The second-order valence-electron chi connectivity index (χ2n) is 2.84. The smallest absolute Gasteiger partial charge is 0.206 e. The molecule has 1 aromatic heterocycles. The second kappa shape index (κ2) is 3.26. The monoisotopic (exact) mass is 209 g/mol. The topological polar surface area (TPSA) is 69.6 Å². The van der Waals surface area contributed by atoms with Gasteiger partial charge in [-0.25, -0.2) is 0 Å². The number of hydrogen-bond acceptors (Lipinski definition) is 4. The zero-order valence-corrected chi connectivity index (χ0v) is 8.23. The number of nitrogens with zero attached hydrogens (tertiary/aromatic N) is 4. The summed E-state index contributed by atoms with van der Waals surface area (Å²) in [6, 6.07) is 5.16. The van der Waals surface area contributed by atoms with Crippen molar-refractivity contribution >= 4 is 17.3 Å². The van der Waals surface area contributed by atoms with E-state index in [1.807, 2.05) is 0 Å². The maximum absolute atomic E-state index is 5.97. The fourth-order valence-electron chi connectivity index (χ4n) is 1.11. The fraction of sp³-hybridized carbons (Fsp3) is 0.125. The number of aromatic nitrogens is 4. The van der Waals surface area contributed by atoms with Crippen molar-refractivity contribution in [1.29, 1.82) is 0 Å². The van der Waals surface area contributed by atoms with Gasteiger partial charge in [0, 0.05) is 11.3 Å². The lowest BCUT2D eigenvalue weighted by Gasteiger charge is -1.99. The van der Waals surface area contributed by atoms with Crippen LogP contribution in [0.2, 0.25) is 5.02 Å². The Labute approximate surface area is 85.5 Å². The summed E-state index contributed by atoms with van der Waals surface area (Å²) in [5.41, 5.74) is 6.95. The number of anilines is 1. The summed E-state index contributed by atoms with van der Waals surface area (Å²) in [6.45, 7) is 0. The van der Waals surface area contributed by atoms with Gasteiger partial charge in [-0.05, 0) is 23.4 Å². The van der Waals surface area contributed by atoms with Gasteiger partial charge in [-0.1, -0.05) is 11.6 Å². The largest absolute Gasteiger partial charge is 0.399 e. The summed E-state index contributed by atoms with van der Waals surface area (Å²) in [6.07, 6.45) is 0. The Morgan fingerprint density at radius 2 is 2.21 bits per heavy atom. The molecule has 0 spiro atoms. The van der Waals surface area contributed by atoms with Crippen LogP contribution in [-0.2, 0) is 7.05 Å². The summed E-state index contributed by atoms with van der Waals surface area (Å²) in [5, 5.41) is 12.2. The Hall–Kier alpha value is -1.62. The van der Waals surface area contributed by atoms with Crippen LogP contribution in [0.4, 0.5) is 5.69 Å². The Balaban J connectivity index is 2.55. The first kappa shape index (κ1) is 8.96. The van der Waals surface area contributed by atoms with E-state index in [2.05, 4.69) is 15.4 Å². The molecule has 2 aromatic rings. The highest BCUT2D eigenvalue weighted by Gasteiger charge is 2.08. The molecule has 0 saturated carbocycles. The molecule has 0 aliphatic heterocycles. The van der Waals surface area contributed by atoms with Crippen LogP contribution in [0.5, 0.6) is 0 Å². The molecule has 0 fully saturated rings. The molecular formula is C8H8ClN5. The minimum Gasteiger partial charge on any atom is -0.399 e. The van der Waals surface area contributed by atoms with Crippen molar-refractivity contribution in [3.05, 3.63) is 23.2 Å². The number of halogens is 1. The van der Waals surface area contributed by atoms with Gasteiger partial charge in [0.15, 0.2) is 0 Å². The first-order valence-corrected chi connectivity index (χ1v) is 4.34. The van der Waals surface area contributed by atoms with Crippen LogP contribution in [0, 0.1) is 0 Å². The number of benzene rings is 1. The molecule has 0 unspecified atom stereocenters. The van der Waals surface area contributed by atoms with Crippen molar-refractivity contribution < 1.29 is 0 Å². The van der Waals surface area contributed by atoms with E-state index in [1.54, 1.807) is 25.2 Å². The van der Waals surface area contributed by atoms with Crippen LogP contribution in [0.3, 0.4) is 0 Å². The Kier molecular flexibility index (Phi) is 2.09. The molecule has 2 rings (SSSR count). The number of nitrogen functional groups attached to an aromatic ring is 1. The van der Waals surface area contributed by atoms with Gasteiger partial charge in [0.2, 0.25) is 5.82 Å². The molecule has 2 N–H and O–H groups in total. The predicted octanol–water partition coefficient (Wildman–Crippen LogP) is 1.11. The van der Waals surface area contributed by atoms with Gasteiger partial charge in [-0.3, -0.25) is 0 Å². The van der Waals surface area contributed by atoms with Gasteiger partial charge in [0.25, 0.3) is 0 Å². The average molecular weight is 210 g/mol. The Bertz CT molecular complexity index is 465. The minimum absolute atomic E-state index is 0.477. The number of nitrogens with two attached hydrogens (primary N) is 1. The first-order chi connectivity index (χ1) is 6.66. The molecule has 0 saturated heterocycles. The van der Waals surface area contributed by atoms with Crippen LogP contribution >= 0.6 is 11.6 Å². The van der Waals surface area contributed by atoms with Crippen LogP contribution in [0.1, 0.15) is 0 Å². The van der Waals surface area contributed by atoms with Gasteiger partial charge < -0.3 is 5.73 Å². The van der Waals surface area contributed by atoms with Gasteiger partial charge in [-0.2, -0.15) is 4.80 Å². The van der Waals surface area contributed by atoms with Crippen LogP contribution in [-0.4, -0.2) is 20.2 Å². The SMILES string of the molecule is Cn1nnc(-c2cc(N)ccc2Cl)n1. The molecule has 6 heteroatoms. The lowest BCUT2D eigenvalue weighted by atomic mass is 10.2. The highest BCUT2D eigenvalue weighted by atomic mass is 35.5. The van der Waals surface area contributed by atoms with E-state index < -0.39 is 0 Å². The second-order valence-corrected chi connectivity index (χ2v) is 3.25. The summed E-state index contributed by atoms with van der Waals surface area (Å²) in [5.74, 6) is 0.477. The third-order valence-electron chi connectivity index (χ3n) is 1.74. The molecule has 5 nitrogen and oxygen atoms in total. The average Bonchev–Trinajstić information content (AvgIpc) is 2.56. The number of hydrogen-bond donors (Lipinski definition) is 1. The van der Waals surface area contributed by atoms with Crippen molar-refractivity contribution in [3.63, 3.8) is 0 Å². The molecule has 0 aliphatic carbocycles. The van der Waals surface area contributed by atoms with Gasteiger partial charge in [-0.15, -0.1) is 10.2 Å². The predicted molar refractivity (Wildman–Crippen MR) is 53.7 cm³/mol. The molecule has 0 bridgehead atoms. The molecular weight excluding hydrogens is 202 g/mol. The summed E-state index contributed by atoms with van der Waals surface area (Å²) in [4.78, 5) is 1.37. The van der Waals surface area contributed by atoms with Gasteiger partial charge in [0.1, 0.15) is 0 Å². The fourth-order valence-corrected chi connectivity index (χ4v) is 1.31. The summed E-state index contributed by atoms with van der Waals surface area (Å²) < 4.78 is 0. The van der Waals surface area contributed by atoms with E-state index >= 15 is 0 Å². The van der Waals surface area contributed by atoms with Crippen molar-refractivity contribution in [3.8, 4) is 11.4 Å². The maximum atomic E-state index is 5.97. The highest BCUT2D eigenvalue weighted by Crippen LogP contribution is 2.26. The lowest BCUT2D eigenvalue weighted by molar-refractivity contribution is 0.630. The van der Waals surface area contributed by atoms with Crippen LogP contribution in [0.25, 0.3) is 11.4 Å². The van der Waals surface area contributed by atoms with E-state index in [1.165, 1.54) is 4.80 Å². The minimum atomic E-state index is 0.477. The summed E-state index contributed by atoms with van der Waals surface area (Å²) >= 11 is 5.97. The maximum Gasteiger partial charge on any atom is 0.206 e. The molecule has 0 atom stereocenters. The van der Waals surface area contributed by atoms with E-state index in [0.717, 1.165) is 0 Å². The van der Waals surface area contributed by atoms with E-state index in [0.29, 0.717) is 22.1 Å². The normalized spacial score (nSPS) is 10.4. The van der Waals surface area contributed by atoms with Gasteiger partial charge >= 0.3 is 0 Å². The molecule has 0 amide bonds. The molecule has 1 aromatic carbocycles. The summed E-state index contributed by atoms with van der Waals surface area (Å²) in [7, 11) is 1.69. The van der Waals surface area contributed by atoms with Gasteiger partial charge in [0.05, 0.1) is 12.1 Å². The molecule has 1 heterocycles. The Morgan fingerprint density at radius 1 is 1.43 bits per heavy atom. The van der Waals surface area contributed by atoms with Crippen molar-refractivity contribution in [2.75, 3.05) is 5.73 Å². The van der Waals surface area contributed by atoms with E-state index in [4.69, 9.17) is 17.3 Å². The molecule has 0 radical (unpaired) electrons. The van der Waals surface area contributed by atoms with Crippen molar-refractivity contribution in [2.24, 2.45) is 7.05 Å².